The van der Waals surface area contributed by atoms with E-state index in [-0.39, 0.29) is 24.5 Å². The highest BCUT2D eigenvalue weighted by Gasteiger charge is 2.37. The number of nitrogens with zero attached hydrogens (tertiary/aromatic N) is 2. The number of ether oxygens (including phenoxy) is 1. The Morgan fingerprint density at radius 2 is 1.72 bits per heavy atom. The first kappa shape index (κ1) is 21.0. The molecule has 1 heterocycles. The van der Waals surface area contributed by atoms with Crippen LogP contribution in [0.15, 0.2) is 59.2 Å². The van der Waals surface area contributed by atoms with Crippen LogP contribution in [0.4, 0.5) is 5.69 Å². The minimum atomic E-state index is -1.10. The van der Waals surface area contributed by atoms with E-state index >= 15 is 0 Å². The summed E-state index contributed by atoms with van der Waals surface area (Å²) in [5.41, 5.74) is 1.79. The van der Waals surface area contributed by atoms with Gasteiger partial charge in [0.15, 0.2) is 0 Å². The fraction of sp³-hybridized carbons (Fsp3) is 0.190. The zero-order valence-electron chi connectivity index (χ0n) is 15.5. The van der Waals surface area contributed by atoms with Gasteiger partial charge in [-0.3, -0.25) is 4.79 Å². The first-order valence-electron chi connectivity index (χ1n) is 8.74. The largest absolute Gasteiger partial charge is 0.478 e. The number of hydrazone groups is 1. The van der Waals surface area contributed by atoms with Gasteiger partial charge in [0.05, 0.1) is 23.9 Å². The van der Waals surface area contributed by atoms with Gasteiger partial charge in [-0.2, -0.15) is 5.10 Å². The fourth-order valence-corrected chi connectivity index (χ4v) is 3.23. The summed E-state index contributed by atoms with van der Waals surface area (Å²) in [6, 6.07) is 13.5. The molecule has 1 unspecified atom stereocenters. The molecule has 2 aromatic carbocycles. The highest BCUT2D eigenvalue weighted by atomic mass is 35.5. The number of hydrogen-bond donors (Lipinski definition) is 1. The molecule has 0 saturated carbocycles. The molecule has 0 bridgehead atoms. The Balaban J connectivity index is 1.89. The number of carboxylic acids is 1. The first-order valence-corrected chi connectivity index (χ1v) is 9.50. The van der Waals surface area contributed by atoms with Gasteiger partial charge in [-0.1, -0.05) is 35.3 Å². The summed E-state index contributed by atoms with van der Waals surface area (Å²) >= 11 is 11.8. The lowest BCUT2D eigenvalue weighted by Crippen LogP contribution is -2.29. The number of amides is 1. The van der Waals surface area contributed by atoms with Crippen LogP contribution in [-0.4, -0.2) is 36.4 Å². The number of benzene rings is 2. The Labute approximate surface area is 178 Å². The van der Waals surface area contributed by atoms with E-state index in [4.69, 9.17) is 27.9 Å². The molecule has 1 aliphatic heterocycles. The van der Waals surface area contributed by atoms with Crippen molar-refractivity contribution in [1.82, 2.24) is 0 Å². The molecule has 0 aliphatic carbocycles. The quantitative estimate of drug-likeness (QED) is 0.652. The Morgan fingerprint density at radius 3 is 2.28 bits per heavy atom. The molecule has 1 aliphatic rings. The predicted molar refractivity (Wildman–Crippen MR) is 113 cm³/mol. The van der Waals surface area contributed by atoms with Crippen LogP contribution in [0.25, 0.3) is 6.08 Å². The highest BCUT2D eigenvalue weighted by Crippen LogP contribution is 2.29. The van der Waals surface area contributed by atoms with Crippen molar-refractivity contribution >= 4 is 52.6 Å². The number of anilines is 1. The van der Waals surface area contributed by atoms with Gasteiger partial charge >= 0.3 is 5.97 Å². The van der Waals surface area contributed by atoms with Crippen LogP contribution in [0.1, 0.15) is 12.0 Å². The lowest BCUT2D eigenvalue weighted by molar-refractivity contribution is -0.132. The number of carboxylic acid groups (broad SMARTS) is 1. The van der Waals surface area contributed by atoms with E-state index in [0.717, 1.165) is 0 Å². The summed E-state index contributed by atoms with van der Waals surface area (Å²) in [5.74, 6) is -2.16. The number of carbonyl (C=O) groups excluding carboxylic acids is 1. The maximum absolute atomic E-state index is 13.0. The van der Waals surface area contributed by atoms with Crippen molar-refractivity contribution in [1.29, 1.82) is 0 Å². The lowest BCUT2D eigenvalue weighted by atomic mass is 9.93. The monoisotopic (exact) mass is 432 g/mol. The van der Waals surface area contributed by atoms with Crippen molar-refractivity contribution in [3.05, 3.63) is 69.7 Å². The number of aliphatic carboxylic acids is 1. The molecule has 29 heavy (non-hydrogen) atoms. The van der Waals surface area contributed by atoms with E-state index in [0.29, 0.717) is 27.0 Å². The molecule has 150 valence electrons. The maximum Gasteiger partial charge on any atom is 0.331 e. The van der Waals surface area contributed by atoms with Gasteiger partial charge in [0.2, 0.25) is 0 Å². The van der Waals surface area contributed by atoms with Crippen molar-refractivity contribution in [3.8, 4) is 0 Å². The normalized spacial score (nSPS) is 16.9. The number of hydrogen-bond acceptors (Lipinski definition) is 4. The Bertz CT molecular complexity index is 969. The zero-order valence-corrected chi connectivity index (χ0v) is 17.0. The van der Waals surface area contributed by atoms with E-state index in [1.165, 1.54) is 18.2 Å². The number of rotatable bonds is 7. The van der Waals surface area contributed by atoms with E-state index < -0.39 is 11.9 Å². The van der Waals surface area contributed by atoms with E-state index in [9.17, 15) is 14.7 Å². The smallest absolute Gasteiger partial charge is 0.331 e. The minimum Gasteiger partial charge on any atom is -0.478 e. The van der Waals surface area contributed by atoms with Crippen molar-refractivity contribution in [2.75, 3.05) is 18.7 Å². The molecule has 0 fully saturated rings. The number of methoxy groups -OCH3 is 1. The van der Waals surface area contributed by atoms with Gasteiger partial charge in [-0.05, 0) is 54.5 Å². The van der Waals surface area contributed by atoms with Crippen LogP contribution in [0.2, 0.25) is 10.0 Å². The third kappa shape index (κ3) is 5.03. The third-order valence-electron chi connectivity index (χ3n) is 4.41. The molecule has 0 aromatic heterocycles. The Kier molecular flexibility index (Phi) is 6.69. The topological polar surface area (TPSA) is 79.2 Å². The van der Waals surface area contributed by atoms with E-state index in [1.807, 2.05) is 0 Å². The summed E-state index contributed by atoms with van der Waals surface area (Å²) in [5, 5.41) is 16.4. The molecular weight excluding hydrogens is 415 g/mol. The van der Waals surface area contributed by atoms with Gasteiger partial charge in [0.25, 0.3) is 5.91 Å². The number of carbonyl (C=O) groups is 2. The summed E-state index contributed by atoms with van der Waals surface area (Å²) in [6.45, 7) is 0.119. The van der Waals surface area contributed by atoms with Gasteiger partial charge in [0.1, 0.15) is 0 Å². The zero-order chi connectivity index (χ0) is 21.0. The van der Waals surface area contributed by atoms with Crippen LogP contribution in [-0.2, 0) is 14.3 Å². The molecule has 1 N–H and O–H groups in total. The second-order valence-electron chi connectivity index (χ2n) is 6.43. The average molecular weight is 433 g/mol. The molecule has 0 saturated heterocycles. The second kappa shape index (κ2) is 9.22. The van der Waals surface area contributed by atoms with Crippen LogP contribution in [0.3, 0.4) is 0 Å². The number of halogens is 2. The standard InChI is InChI=1S/C21H18Cl2N2O4/c1-29-12-19-18(20(26)25(24-19)17-8-6-16(23)7-9-17)11-14(21(27)28)10-13-2-4-15(22)5-3-13/h2-10,18H,11-12H2,1H3,(H,27,28)/b14-10-. The SMILES string of the molecule is COCC1=NN(c2ccc(Cl)cc2)C(=O)C1C/C(=C/c1ccc(Cl)cc1)C(=O)O. The molecule has 3 rings (SSSR count). The van der Waals surface area contributed by atoms with Gasteiger partial charge in [-0.25, -0.2) is 9.80 Å². The van der Waals surface area contributed by atoms with Crippen LogP contribution in [0.5, 0.6) is 0 Å². The van der Waals surface area contributed by atoms with Crippen molar-refractivity contribution < 1.29 is 19.4 Å². The molecular formula is C21H18Cl2N2O4. The molecule has 1 atom stereocenters. The average Bonchev–Trinajstić information content (AvgIpc) is 2.99. The van der Waals surface area contributed by atoms with Gasteiger partial charge in [-0.15, -0.1) is 0 Å². The molecule has 0 spiro atoms. The second-order valence-corrected chi connectivity index (χ2v) is 7.31. The molecule has 8 heteroatoms. The summed E-state index contributed by atoms with van der Waals surface area (Å²) < 4.78 is 5.17. The highest BCUT2D eigenvalue weighted by molar-refractivity contribution is 6.31. The van der Waals surface area contributed by atoms with Gasteiger partial charge in [0, 0.05) is 22.7 Å². The van der Waals surface area contributed by atoms with Crippen molar-refractivity contribution in [2.45, 2.75) is 6.42 Å². The Morgan fingerprint density at radius 1 is 1.14 bits per heavy atom. The van der Waals surface area contributed by atoms with E-state index in [2.05, 4.69) is 5.10 Å². The fourth-order valence-electron chi connectivity index (χ4n) is 2.98. The summed E-state index contributed by atoms with van der Waals surface area (Å²) in [7, 11) is 1.50. The molecule has 6 nitrogen and oxygen atoms in total. The van der Waals surface area contributed by atoms with Gasteiger partial charge < -0.3 is 9.84 Å². The Hall–Kier alpha value is -2.67. The third-order valence-corrected chi connectivity index (χ3v) is 4.91. The van der Waals surface area contributed by atoms with Crippen LogP contribution in [0, 0.1) is 5.92 Å². The molecule has 2 aromatic rings. The summed E-state index contributed by atoms with van der Waals surface area (Å²) in [4.78, 5) is 24.8. The predicted octanol–water partition coefficient (Wildman–Crippen LogP) is 4.52. The molecule has 0 radical (unpaired) electrons. The maximum atomic E-state index is 13.0. The molecule has 1 amide bonds. The van der Waals surface area contributed by atoms with Crippen LogP contribution < -0.4 is 5.01 Å². The van der Waals surface area contributed by atoms with E-state index in [1.54, 1.807) is 48.5 Å². The van der Waals surface area contributed by atoms with Crippen molar-refractivity contribution in [2.24, 2.45) is 11.0 Å². The minimum absolute atomic E-state index is 0.0108. The van der Waals surface area contributed by atoms with Crippen molar-refractivity contribution in [3.63, 3.8) is 0 Å². The van der Waals surface area contributed by atoms with Crippen LogP contribution >= 0.6 is 23.2 Å². The summed E-state index contributed by atoms with van der Waals surface area (Å²) in [6.07, 6.45) is 1.52. The first-order chi connectivity index (χ1) is 13.9. The lowest BCUT2D eigenvalue weighted by Gasteiger charge is -2.15.